The first kappa shape index (κ1) is 16.6. The molecule has 0 saturated heterocycles. The fraction of sp³-hybridized carbons (Fsp3) is 0.0476. The van der Waals surface area contributed by atoms with Crippen molar-refractivity contribution in [1.29, 1.82) is 0 Å². The molecule has 3 aromatic carbocycles. The first-order chi connectivity index (χ1) is 13.7. The maximum atomic E-state index is 12.6. The largest absolute Gasteiger partial charge is 0.454 e. The predicted octanol–water partition coefficient (Wildman–Crippen LogP) is 5.13. The number of benzene rings is 3. The molecule has 4 aromatic rings. The zero-order valence-corrected chi connectivity index (χ0v) is 15.2. The number of fused-ring (bicyclic) bond motifs is 2. The second-order valence-corrected chi connectivity index (χ2v) is 6.61. The number of halogens is 1. The third-order valence-corrected chi connectivity index (χ3v) is 4.71. The molecular formula is C21H13ClN2O4. The number of carbonyl (C=O) groups excluding carboxylic acids is 1. The highest BCUT2D eigenvalue weighted by Crippen LogP contribution is 2.33. The monoisotopic (exact) mass is 392 g/mol. The summed E-state index contributed by atoms with van der Waals surface area (Å²) in [5, 5.41) is 3.41. The number of aromatic nitrogens is 1. The van der Waals surface area contributed by atoms with Gasteiger partial charge in [0.1, 0.15) is 5.52 Å². The summed E-state index contributed by atoms with van der Waals surface area (Å²) in [5.41, 5.74) is 3.01. The van der Waals surface area contributed by atoms with E-state index in [0.717, 1.165) is 0 Å². The number of hydrogen-bond acceptors (Lipinski definition) is 5. The van der Waals surface area contributed by atoms with E-state index < -0.39 is 0 Å². The molecular weight excluding hydrogens is 380 g/mol. The van der Waals surface area contributed by atoms with Crippen LogP contribution in [0.4, 0.5) is 5.69 Å². The van der Waals surface area contributed by atoms with Gasteiger partial charge in [0, 0.05) is 17.3 Å². The van der Waals surface area contributed by atoms with Crippen LogP contribution < -0.4 is 14.8 Å². The van der Waals surface area contributed by atoms with E-state index in [-0.39, 0.29) is 12.7 Å². The molecule has 1 N–H and O–H groups in total. The quantitative estimate of drug-likeness (QED) is 0.523. The normalized spacial score (nSPS) is 12.3. The fourth-order valence-corrected chi connectivity index (χ4v) is 3.21. The van der Waals surface area contributed by atoms with Gasteiger partial charge < -0.3 is 19.2 Å². The minimum absolute atomic E-state index is 0.163. The molecule has 1 aliphatic heterocycles. The van der Waals surface area contributed by atoms with Crippen molar-refractivity contribution in [3.05, 3.63) is 71.2 Å². The van der Waals surface area contributed by atoms with Gasteiger partial charge in [-0.1, -0.05) is 23.7 Å². The first-order valence-corrected chi connectivity index (χ1v) is 8.92. The lowest BCUT2D eigenvalue weighted by Gasteiger charge is -2.05. The van der Waals surface area contributed by atoms with Crippen LogP contribution in [0.2, 0.25) is 5.02 Å². The average molecular weight is 393 g/mol. The highest BCUT2D eigenvalue weighted by molar-refractivity contribution is 6.33. The fourth-order valence-electron chi connectivity index (χ4n) is 2.99. The molecule has 1 amide bonds. The Kier molecular flexibility index (Phi) is 3.91. The van der Waals surface area contributed by atoms with Gasteiger partial charge in [-0.25, -0.2) is 4.98 Å². The molecule has 0 bridgehead atoms. The van der Waals surface area contributed by atoms with E-state index >= 15 is 0 Å². The van der Waals surface area contributed by atoms with Crippen molar-refractivity contribution in [3.63, 3.8) is 0 Å². The molecule has 1 aliphatic rings. The Morgan fingerprint density at radius 1 is 1.00 bits per heavy atom. The molecule has 2 heterocycles. The van der Waals surface area contributed by atoms with E-state index in [1.54, 1.807) is 42.5 Å². The van der Waals surface area contributed by atoms with Crippen LogP contribution in [-0.2, 0) is 0 Å². The summed E-state index contributed by atoms with van der Waals surface area (Å²) in [5.74, 6) is 1.36. The second kappa shape index (κ2) is 6.58. The van der Waals surface area contributed by atoms with Crippen molar-refractivity contribution in [1.82, 2.24) is 4.98 Å². The molecule has 0 atom stereocenters. The van der Waals surface area contributed by atoms with Gasteiger partial charge in [-0.2, -0.15) is 0 Å². The van der Waals surface area contributed by atoms with Crippen molar-refractivity contribution in [3.8, 4) is 23.0 Å². The summed E-state index contributed by atoms with van der Waals surface area (Å²) in [7, 11) is 0. The number of rotatable bonds is 3. The van der Waals surface area contributed by atoms with Crippen LogP contribution in [0.15, 0.2) is 65.1 Å². The van der Waals surface area contributed by atoms with Crippen molar-refractivity contribution < 1.29 is 18.7 Å². The molecule has 0 unspecified atom stereocenters. The summed E-state index contributed by atoms with van der Waals surface area (Å²) in [4.78, 5) is 17.0. The number of nitrogens with one attached hydrogen (secondary N) is 1. The number of nitrogens with zero attached hydrogens (tertiary/aromatic N) is 1. The number of oxazole rings is 1. The summed E-state index contributed by atoms with van der Waals surface area (Å²) in [6.45, 7) is 0.163. The van der Waals surface area contributed by atoms with Crippen molar-refractivity contribution >= 4 is 34.3 Å². The van der Waals surface area contributed by atoms with Crippen LogP contribution in [0.5, 0.6) is 11.5 Å². The van der Waals surface area contributed by atoms with Gasteiger partial charge in [0.2, 0.25) is 12.7 Å². The molecule has 138 valence electrons. The third kappa shape index (κ3) is 2.93. The highest BCUT2D eigenvalue weighted by Gasteiger charge is 2.17. The number of anilines is 1. The maximum absolute atomic E-state index is 12.6. The Labute approximate surface area is 164 Å². The SMILES string of the molecule is O=C(Nc1ccc2nc(-c3ccccc3Cl)oc2c1)c1ccc2c(c1)OCO2. The lowest BCUT2D eigenvalue weighted by molar-refractivity contribution is 0.102. The van der Waals surface area contributed by atoms with Gasteiger partial charge >= 0.3 is 0 Å². The minimum atomic E-state index is -0.261. The van der Waals surface area contributed by atoms with Gasteiger partial charge in [0.05, 0.1) is 10.6 Å². The van der Waals surface area contributed by atoms with Crippen LogP contribution >= 0.6 is 11.6 Å². The van der Waals surface area contributed by atoms with Crippen LogP contribution in [0.1, 0.15) is 10.4 Å². The predicted molar refractivity (Wildman–Crippen MR) is 105 cm³/mol. The van der Waals surface area contributed by atoms with E-state index in [0.29, 0.717) is 50.3 Å². The molecule has 28 heavy (non-hydrogen) atoms. The molecule has 0 radical (unpaired) electrons. The topological polar surface area (TPSA) is 73.6 Å². The van der Waals surface area contributed by atoms with Crippen molar-refractivity contribution in [2.24, 2.45) is 0 Å². The maximum Gasteiger partial charge on any atom is 0.255 e. The van der Waals surface area contributed by atoms with Crippen LogP contribution in [-0.4, -0.2) is 17.7 Å². The number of carbonyl (C=O) groups is 1. The Balaban J connectivity index is 1.42. The van der Waals surface area contributed by atoms with Gasteiger partial charge in [-0.3, -0.25) is 4.79 Å². The van der Waals surface area contributed by atoms with Gasteiger partial charge in [0.15, 0.2) is 17.1 Å². The standard InChI is InChI=1S/C21H13ClN2O4/c22-15-4-2-1-3-14(15)21-24-16-7-6-13(10-18(16)28-21)23-20(25)12-5-8-17-19(9-12)27-11-26-17/h1-10H,11H2,(H,23,25). The number of amides is 1. The third-order valence-electron chi connectivity index (χ3n) is 4.39. The molecule has 0 spiro atoms. The zero-order chi connectivity index (χ0) is 19.1. The Morgan fingerprint density at radius 3 is 2.75 bits per heavy atom. The van der Waals surface area contributed by atoms with Gasteiger partial charge in [0.25, 0.3) is 5.91 Å². The van der Waals surface area contributed by atoms with E-state index in [1.165, 1.54) is 0 Å². The highest BCUT2D eigenvalue weighted by atomic mass is 35.5. The van der Waals surface area contributed by atoms with E-state index in [9.17, 15) is 4.79 Å². The minimum Gasteiger partial charge on any atom is -0.454 e. The Morgan fingerprint density at radius 2 is 1.86 bits per heavy atom. The first-order valence-electron chi connectivity index (χ1n) is 8.54. The number of hydrogen-bond donors (Lipinski definition) is 1. The Hall–Kier alpha value is -3.51. The molecule has 7 heteroatoms. The summed E-state index contributed by atoms with van der Waals surface area (Å²) < 4.78 is 16.4. The molecule has 0 aliphatic carbocycles. The van der Waals surface area contributed by atoms with E-state index in [1.807, 2.05) is 18.2 Å². The second-order valence-electron chi connectivity index (χ2n) is 6.20. The van der Waals surface area contributed by atoms with Gasteiger partial charge in [-0.05, 0) is 42.5 Å². The molecule has 0 saturated carbocycles. The Bertz CT molecular complexity index is 1220. The van der Waals surface area contributed by atoms with Crippen LogP contribution in [0.25, 0.3) is 22.6 Å². The molecule has 6 nitrogen and oxygen atoms in total. The molecule has 1 aromatic heterocycles. The van der Waals surface area contributed by atoms with Crippen molar-refractivity contribution in [2.75, 3.05) is 12.1 Å². The number of ether oxygens (including phenoxy) is 2. The smallest absolute Gasteiger partial charge is 0.255 e. The van der Waals surface area contributed by atoms with Crippen LogP contribution in [0.3, 0.4) is 0 Å². The molecule has 0 fully saturated rings. The summed E-state index contributed by atoms with van der Waals surface area (Å²) >= 11 is 6.22. The van der Waals surface area contributed by atoms with Crippen molar-refractivity contribution in [2.45, 2.75) is 0 Å². The summed E-state index contributed by atoms with van der Waals surface area (Å²) in [6.07, 6.45) is 0. The zero-order valence-electron chi connectivity index (χ0n) is 14.4. The molecule has 5 rings (SSSR count). The van der Waals surface area contributed by atoms with Gasteiger partial charge in [-0.15, -0.1) is 0 Å². The lowest BCUT2D eigenvalue weighted by atomic mass is 10.2. The average Bonchev–Trinajstić information content (AvgIpc) is 3.34. The van der Waals surface area contributed by atoms with Crippen LogP contribution in [0, 0.1) is 0 Å². The lowest BCUT2D eigenvalue weighted by Crippen LogP contribution is -2.11. The van der Waals surface area contributed by atoms with E-state index in [4.69, 9.17) is 25.5 Å². The summed E-state index contributed by atoms with van der Waals surface area (Å²) in [6, 6.07) is 17.7. The van der Waals surface area contributed by atoms with E-state index in [2.05, 4.69) is 10.3 Å².